The summed E-state index contributed by atoms with van der Waals surface area (Å²) in [7, 11) is 1.62. The van der Waals surface area contributed by atoms with Gasteiger partial charge in [-0.25, -0.2) is 4.99 Å². The SMILES string of the molecule is COCC(C)NC(N)=NCC(=O)N1CCOCC1.I. The van der Waals surface area contributed by atoms with E-state index < -0.39 is 0 Å². The number of nitrogens with one attached hydrogen (secondary N) is 1. The molecule has 1 aliphatic heterocycles. The fraction of sp³-hybridized carbons (Fsp3) is 0.818. The Morgan fingerprint density at radius 3 is 2.74 bits per heavy atom. The number of methoxy groups -OCH3 is 1. The molecular formula is C11H23IN4O3. The van der Waals surface area contributed by atoms with Crippen LogP contribution in [-0.2, 0) is 14.3 Å². The Hall–Kier alpha value is -0.610. The van der Waals surface area contributed by atoms with Crippen molar-refractivity contribution in [1.29, 1.82) is 0 Å². The largest absolute Gasteiger partial charge is 0.383 e. The molecule has 1 rings (SSSR count). The highest BCUT2D eigenvalue weighted by molar-refractivity contribution is 14.0. The molecule has 1 fully saturated rings. The van der Waals surface area contributed by atoms with Crippen LogP contribution in [0.2, 0.25) is 0 Å². The summed E-state index contributed by atoms with van der Waals surface area (Å²) in [6.07, 6.45) is 0. The lowest BCUT2D eigenvalue weighted by Crippen LogP contribution is -2.44. The molecule has 0 saturated carbocycles. The van der Waals surface area contributed by atoms with Crippen molar-refractivity contribution in [2.45, 2.75) is 13.0 Å². The maximum Gasteiger partial charge on any atom is 0.244 e. The van der Waals surface area contributed by atoms with Crippen LogP contribution in [-0.4, -0.2) is 69.4 Å². The number of halogens is 1. The van der Waals surface area contributed by atoms with Crippen LogP contribution in [0.4, 0.5) is 0 Å². The van der Waals surface area contributed by atoms with Crippen molar-refractivity contribution in [1.82, 2.24) is 10.2 Å². The van der Waals surface area contributed by atoms with Crippen molar-refractivity contribution in [2.75, 3.05) is 46.6 Å². The summed E-state index contributed by atoms with van der Waals surface area (Å²) >= 11 is 0. The Morgan fingerprint density at radius 2 is 2.16 bits per heavy atom. The van der Waals surface area contributed by atoms with Gasteiger partial charge >= 0.3 is 0 Å². The fourth-order valence-electron chi connectivity index (χ4n) is 1.66. The highest BCUT2D eigenvalue weighted by Gasteiger charge is 2.16. The maximum atomic E-state index is 11.8. The predicted molar refractivity (Wildman–Crippen MR) is 83.8 cm³/mol. The number of nitrogens with zero attached hydrogens (tertiary/aromatic N) is 2. The lowest BCUT2D eigenvalue weighted by Gasteiger charge is -2.26. The van der Waals surface area contributed by atoms with Crippen LogP contribution in [0.5, 0.6) is 0 Å². The number of guanidine groups is 1. The molecule has 1 saturated heterocycles. The summed E-state index contributed by atoms with van der Waals surface area (Å²) in [6, 6.07) is 0.0669. The summed E-state index contributed by atoms with van der Waals surface area (Å²) in [5.74, 6) is 0.239. The minimum Gasteiger partial charge on any atom is -0.383 e. The Morgan fingerprint density at radius 1 is 1.53 bits per heavy atom. The molecule has 0 aromatic rings. The first-order chi connectivity index (χ1) is 8.63. The monoisotopic (exact) mass is 386 g/mol. The van der Waals surface area contributed by atoms with Gasteiger partial charge in [0.05, 0.1) is 19.8 Å². The molecule has 0 radical (unpaired) electrons. The normalized spacial score (nSPS) is 17.6. The number of rotatable bonds is 5. The summed E-state index contributed by atoms with van der Waals surface area (Å²) in [5.41, 5.74) is 5.67. The Bertz CT molecular complexity index is 296. The standard InChI is InChI=1S/C11H22N4O3.HI/c1-9(8-17-2)14-11(12)13-7-10(16)15-3-5-18-6-4-15;/h9H,3-8H2,1-2H3,(H3,12,13,14);1H. The Kier molecular flexibility index (Phi) is 9.88. The summed E-state index contributed by atoms with van der Waals surface area (Å²) in [5, 5.41) is 2.95. The third-order valence-electron chi connectivity index (χ3n) is 2.56. The van der Waals surface area contributed by atoms with Crippen LogP contribution in [0.15, 0.2) is 4.99 Å². The van der Waals surface area contributed by atoms with Gasteiger partial charge in [-0.2, -0.15) is 0 Å². The first-order valence-electron chi connectivity index (χ1n) is 6.04. The van der Waals surface area contributed by atoms with Crippen molar-refractivity contribution in [3.05, 3.63) is 0 Å². The molecule has 3 N–H and O–H groups in total. The van der Waals surface area contributed by atoms with Crippen molar-refractivity contribution >= 4 is 35.8 Å². The summed E-state index contributed by atoms with van der Waals surface area (Å²) in [6.45, 7) is 4.97. The van der Waals surface area contributed by atoms with E-state index in [9.17, 15) is 4.79 Å². The van der Waals surface area contributed by atoms with E-state index in [1.54, 1.807) is 12.0 Å². The molecule has 19 heavy (non-hydrogen) atoms. The van der Waals surface area contributed by atoms with Crippen molar-refractivity contribution in [3.8, 4) is 0 Å². The zero-order chi connectivity index (χ0) is 13.4. The molecule has 112 valence electrons. The molecule has 0 spiro atoms. The zero-order valence-corrected chi connectivity index (χ0v) is 13.8. The molecule has 1 aliphatic rings. The van der Waals surface area contributed by atoms with Crippen LogP contribution in [0.1, 0.15) is 6.92 Å². The second-order valence-electron chi connectivity index (χ2n) is 4.20. The fourth-order valence-corrected chi connectivity index (χ4v) is 1.66. The Balaban J connectivity index is 0.00000324. The van der Waals surface area contributed by atoms with E-state index in [0.29, 0.717) is 32.9 Å². The van der Waals surface area contributed by atoms with E-state index in [-0.39, 0.29) is 48.4 Å². The lowest BCUT2D eigenvalue weighted by atomic mass is 10.4. The lowest BCUT2D eigenvalue weighted by molar-refractivity contribution is -0.133. The van der Waals surface area contributed by atoms with Gasteiger partial charge in [0.1, 0.15) is 6.54 Å². The number of carbonyl (C=O) groups excluding carboxylic acids is 1. The van der Waals surface area contributed by atoms with Crippen LogP contribution in [0, 0.1) is 0 Å². The van der Waals surface area contributed by atoms with E-state index in [1.807, 2.05) is 6.92 Å². The van der Waals surface area contributed by atoms with Gasteiger partial charge in [0.15, 0.2) is 5.96 Å². The van der Waals surface area contributed by atoms with Crippen LogP contribution >= 0.6 is 24.0 Å². The average molecular weight is 386 g/mol. The first kappa shape index (κ1) is 18.4. The summed E-state index contributed by atoms with van der Waals surface area (Å²) in [4.78, 5) is 17.5. The smallest absolute Gasteiger partial charge is 0.244 e. The molecule has 0 aromatic carbocycles. The van der Waals surface area contributed by atoms with Gasteiger partial charge in [-0.1, -0.05) is 0 Å². The molecule has 0 aromatic heterocycles. The van der Waals surface area contributed by atoms with E-state index in [2.05, 4.69) is 10.3 Å². The number of ether oxygens (including phenoxy) is 2. The topological polar surface area (TPSA) is 89.2 Å². The van der Waals surface area contributed by atoms with Gasteiger partial charge < -0.3 is 25.4 Å². The zero-order valence-electron chi connectivity index (χ0n) is 11.4. The van der Waals surface area contributed by atoms with Crippen molar-refractivity contribution < 1.29 is 14.3 Å². The van der Waals surface area contributed by atoms with Gasteiger partial charge in [0, 0.05) is 26.2 Å². The van der Waals surface area contributed by atoms with Crippen LogP contribution in [0.3, 0.4) is 0 Å². The van der Waals surface area contributed by atoms with Gasteiger partial charge in [-0.05, 0) is 6.92 Å². The molecular weight excluding hydrogens is 363 g/mol. The van der Waals surface area contributed by atoms with Crippen molar-refractivity contribution in [3.63, 3.8) is 0 Å². The second-order valence-corrected chi connectivity index (χ2v) is 4.20. The predicted octanol–water partition coefficient (Wildman–Crippen LogP) is -0.598. The number of hydrogen-bond acceptors (Lipinski definition) is 4. The van der Waals surface area contributed by atoms with E-state index in [0.717, 1.165) is 0 Å². The van der Waals surface area contributed by atoms with E-state index in [4.69, 9.17) is 15.2 Å². The number of aliphatic imine (C=N–C) groups is 1. The summed E-state index contributed by atoms with van der Waals surface area (Å²) < 4.78 is 10.1. The minimum atomic E-state index is -0.0255. The molecule has 8 heteroatoms. The quantitative estimate of drug-likeness (QED) is 0.374. The highest BCUT2D eigenvalue weighted by atomic mass is 127. The molecule has 7 nitrogen and oxygen atoms in total. The molecule has 0 aliphatic carbocycles. The van der Waals surface area contributed by atoms with Crippen LogP contribution in [0.25, 0.3) is 0 Å². The van der Waals surface area contributed by atoms with Gasteiger partial charge in [-0.3, -0.25) is 4.79 Å². The minimum absolute atomic E-state index is 0. The third-order valence-corrected chi connectivity index (χ3v) is 2.56. The average Bonchev–Trinajstić information content (AvgIpc) is 2.37. The number of morpholine rings is 1. The molecule has 1 unspecified atom stereocenters. The molecule has 1 heterocycles. The van der Waals surface area contributed by atoms with Gasteiger partial charge in [-0.15, -0.1) is 24.0 Å². The van der Waals surface area contributed by atoms with Gasteiger partial charge in [0.2, 0.25) is 5.91 Å². The molecule has 0 bridgehead atoms. The van der Waals surface area contributed by atoms with E-state index >= 15 is 0 Å². The van der Waals surface area contributed by atoms with Crippen LogP contribution < -0.4 is 11.1 Å². The number of nitrogens with two attached hydrogens (primary N) is 1. The third kappa shape index (κ3) is 7.53. The van der Waals surface area contributed by atoms with E-state index in [1.165, 1.54) is 0 Å². The number of amides is 1. The molecule has 1 atom stereocenters. The molecule has 1 amide bonds. The number of hydrogen-bond donors (Lipinski definition) is 2. The highest BCUT2D eigenvalue weighted by Crippen LogP contribution is 1.97. The number of carbonyl (C=O) groups is 1. The first-order valence-corrected chi connectivity index (χ1v) is 6.04. The Labute approximate surface area is 130 Å². The maximum absolute atomic E-state index is 11.8. The van der Waals surface area contributed by atoms with Gasteiger partial charge in [0.25, 0.3) is 0 Å². The second kappa shape index (κ2) is 10.2. The van der Waals surface area contributed by atoms with Crippen molar-refractivity contribution in [2.24, 2.45) is 10.7 Å².